The van der Waals surface area contributed by atoms with Crippen molar-refractivity contribution in [1.29, 1.82) is 0 Å². The number of thioether (sulfide) groups is 1. The van der Waals surface area contributed by atoms with Crippen LogP contribution in [0.3, 0.4) is 0 Å². The van der Waals surface area contributed by atoms with E-state index in [1.165, 1.54) is 18.0 Å². The predicted molar refractivity (Wildman–Crippen MR) is 143 cm³/mol. The van der Waals surface area contributed by atoms with Crippen LogP contribution in [0.25, 0.3) is 5.69 Å². The average Bonchev–Trinajstić information content (AvgIpc) is 3.64. The highest BCUT2D eigenvalue weighted by molar-refractivity contribution is 8.11. The minimum Gasteiger partial charge on any atom is -0.597 e. The van der Waals surface area contributed by atoms with Gasteiger partial charge < -0.3 is 19.3 Å². The zero-order chi connectivity index (χ0) is 26.9. The van der Waals surface area contributed by atoms with E-state index in [0.29, 0.717) is 43.6 Å². The van der Waals surface area contributed by atoms with Gasteiger partial charge in [0.2, 0.25) is 5.75 Å². The van der Waals surface area contributed by atoms with E-state index >= 15 is 0 Å². The maximum atomic E-state index is 13.8. The number of piperazine rings is 1. The van der Waals surface area contributed by atoms with Gasteiger partial charge in [-0.2, -0.15) is 9.78 Å². The fraction of sp³-hybridized carbons (Fsp3) is 0.385. The number of rotatable bonds is 9. The quantitative estimate of drug-likeness (QED) is 0.310. The molecule has 2 heterocycles. The Bertz CT molecular complexity index is 1330. The van der Waals surface area contributed by atoms with Crippen molar-refractivity contribution in [3.63, 3.8) is 0 Å². The van der Waals surface area contributed by atoms with Crippen molar-refractivity contribution < 1.29 is 23.2 Å². The first kappa shape index (κ1) is 26.8. The van der Waals surface area contributed by atoms with Crippen molar-refractivity contribution in [3.8, 4) is 17.2 Å². The molecule has 3 aromatic rings. The number of aromatic nitrogens is 2. The summed E-state index contributed by atoms with van der Waals surface area (Å²) in [6, 6.07) is 9.60. The van der Waals surface area contributed by atoms with Crippen molar-refractivity contribution in [1.82, 2.24) is 14.1 Å². The fourth-order valence-corrected chi connectivity index (χ4v) is 6.55. The molecule has 202 valence electrons. The lowest BCUT2D eigenvalue weighted by molar-refractivity contribution is 0.242. The van der Waals surface area contributed by atoms with E-state index in [1.807, 2.05) is 9.21 Å². The number of ether oxygens (including phenoxy) is 1. The Hall–Kier alpha value is -2.80. The van der Waals surface area contributed by atoms with E-state index in [9.17, 15) is 23.2 Å². The van der Waals surface area contributed by atoms with Crippen LogP contribution in [0.1, 0.15) is 19.8 Å². The van der Waals surface area contributed by atoms with Crippen molar-refractivity contribution >= 4 is 28.8 Å². The zero-order valence-corrected chi connectivity index (χ0v) is 22.4. The van der Waals surface area contributed by atoms with Crippen LogP contribution < -0.4 is 15.2 Å². The van der Waals surface area contributed by atoms with Crippen LogP contribution in [0.15, 0.2) is 58.4 Å². The standard InChI is InChI=1S/C26H28F2N4O4S2/c1-26(6-7-26)16-36-24-23(15-29-32(25(24)34)20-13-18(27)12-19(28)14-20)30-8-10-31(11-9-30)38(35)17-37-22-4-2-21(33)3-5-22/h2-5,12-15,33H,6-11,16-17H2,1H3. The highest BCUT2D eigenvalue weighted by Crippen LogP contribution is 2.45. The molecule has 1 atom stereocenters. The van der Waals surface area contributed by atoms with E-state index in [-0.39, 0.29) is 22.6 Å². The van der Waals surface area contributed by atoms with Gasteiger partial charge in [-0.3, -0.25) is 4.79 Å². The van der Waals surface area contributed by atoms with E-state index in [4.69, 9.17) is 4.74 Å². The molecule has 1 N–H and O–H groups in total. The molecule has 1 unspecified atom stereocenters. The lowest BCUT2D eigenvalue weighted by Crippen LogP contribution is -2.49. The normalized spacial score (nSPS) is 17.8. The summed E-state index contributed by atoms with van der Waals surface area (Å²) in [5.41, 5.74) is -0.0923. The van der Waals surface area contributed by atoms with Crippen LogP contribution in [0.4, 0.5) is 14.5 Å². The SMILES string of the molecule is CC1(COc2c(N3CCN([S+]([O-])CSc4ccc(O)cc4)CC3)cnn(-c3cc(F)cc(F)c3)c2=O)CC1. The molecule has 2 aromatic carbocycles. The maximum Gasteiger partial charge on any atom is 0.316 e. The summed E-state index contributed by atoms with van der Waals surface area (Å²) < 4.78 is 49.4. The lowest BCUT2D eigenvalue weighted by atomic mass is 10.2. The summed E-state index contributed by atoms with van der Waals surface area (Å²) in [5, 5.41) is 14.0. The third kappa shape index (κ3) is 6.25. The molecule has 1 saturated carbocycles. The average molecular weight is 563 g/mol. The van der Waals surface area contributed by atoms with E-state index < -0.39 is 28.6 Å². The molecule has 0 spiro atoms. The summed E-state index contributed by atoms with van der Waals surface area (Å²) in [6.07, 6.45) is 3.49. The van der Waals surface area contributed by atoms with Crippen LogP contribution in [0.5, 0.6) is 11.5 Å². The van der Waals surface area contributed by atoms with Gasteiger partial charge in [0, 0.05) is 29.5 Å². The number of halogens is 2. The second kappa shape index (κ2) is 11.1. The molecule has 0 amide bonds. The van der Waals surface area contributed by atoms with Gasteiger partial charge in [0.25, 0.3) is 0 Å². The van der Waals surface area contributed by atoms with Gasteiger partial charge in [-0.15, -0.1) is 4.31 Å². The summed E-state index contributed by atoms with van der Waals surface area (Å²) in [6.45, 7) is 4.47. The number of aromatic hydroxyl groups is 1. The van der Waals surface area contributed by atoms with Gasteiger partial charge in [0.1, 0.15) is 23.1 Å². The van der Waals surface area contributed by atoms with Crippen molar-refractivity contribution in [2.45, 2.75) is 24.7 Å². The molecular formula is C26H28F2N4O4S2. The van der Waals surface area contributed by atoms with Gasteiger partial charge in [-0.05, 0) is 49.2 Å². The zero-order valence-electron chi connectivity index (χ0n) is 20.8. The molecule has 12 heteroatoms. The van der Waals surface area contributed by atoms with Crippen LogP contribution in [-0.2, 0) is 11.4 Å². The molecule has 38 heavy (non-hydrogen) atoms. The largest absolute Gasteiger partial charge is 0.597 e. The number of phenolic OH excluding ortho intramolecular Hbond substituents is 1. The smallest absolute Gasteiger partial charge is 0.316 e. The van der Waals surface area contributed by atoms with Crippen LogP contribution in [0, 0.1) is 17.0 Å². The highest BCUT2D eigenvalue weighted by atomic mass is 32.3. The molecule has 2 aliphatic rings. The van der Waals surface area contributed by atoms with Crippen LogP contribution in [0.2, 0.25) is 0 Å². The van der Waals surface area contributed by atoms with Crippen LogP contribution >= 0.6 is 11.8 Å². The molecule has 5 rings (SSSR count). The number of hydrogen-bond acceptors (Lipinski definition) is 8. The molecule has 1 aromatic heterocycles. The van der Waals surface area contributed by atoms with Crippen LogP contribution in [-0.4, -0.2) is 61.6 Å². The Labute approximate surface area is 226 Å². The van der Waals surface area contributed by atoms with Gasteiger partial charge in [0.05, 0.1) is 42.9 Å². The van der Waals surface area contributed by atoms with E-state index in [2.05, 4.69) is 12.0 Å². The Morgan fingerprint density at radius 1 is 1.11 bits per heavy atom. The Morgan fingerprint density at radius 2 is 1.76 bits per heavy atom. The second-order valence-corrected chi connectivity index (χ2v) is 12.7. The number of benzene rings is 2. The highest BCUT2D eigenvalue weighted by Gasteiger charge is 2.39. The molecule has 0 radical (unpaired) electrons. The second-order valence-electron chi connectivity index (χ2n) is 9.80. The Balaban J connectivity index is 1.30. The number of hydrogen-bond donors (Lipinski definition) is 1. The van der Waals surface area contributed by atoms with E-state index in [0.717, 1.165) is 40.6 Å². The molecule has 0 bridgehead atoms. The van der Waals surface area contributed by atoms with Gasteiger partial charge >= 0.3 is 5.56 Å². The first-order chi connectivity index (χ1) is 18.2. The third-order valence-corrected chi connectivity index (χ3v) is 9.53. The molecule has 8 nitrogen and oxygen atoms in total. The molecule has 1 aliphatic carbocycles. The number of nitrogens with zero attached hydrogens (tertiary/aromatic N) is 4. The summed E-state index contributed by atoms with van der Waals surface area (Å²) in [4.78, 5) is 16.3. The van der Waals surface area contributed by atoms with Crippen molar-refractivity contribution in [2.24, 2.45) is 5.41 Å². The number of phenols is 1. The fourth-order valence-electron chi connectivity index (χ4n) is 4.11. The number of anilines is 1. The third-order valence-electron chi connectivity index (χ3n) is 6.71. The molecule has 1 saturated heterocycles. The lowest BCUT2D eigenvalue weighted by Gasteiger charge is -2.35. The Kier molecular flexibility index (Phi) is 7.85. The maximum absolute atomic E-state index is 13.8. The minimum atomic E-state index is -1.21. The molecule has 1 aliphatic heterocycles. The minimum absolute atomic E-state index is 0.00747. The summed E-state index contributed by atoms with van der Waals surface area (Å²) in [7, 11) is 0. The topological polar surface area (TPSA) is 93.9 Å². The summed E-state index contributed by atoms with van der Waals surface area (Å²) >= 11 is 0.245. The Morgan fingerprint density at radius 3 is 2.39 bits per heavy atom. The molecular weight excluding hydrogens is 534 g/mol. The van der Waals surface area contributed by atoms with Gasteiger partial charge in [-0.25, -0.2) is 8.78 Å². The monoisotopic (exact) mass is 562 g/mol. The van der Waals surface area contributed by atoms with Gasteiger partial charge in [0.15, 0.2) is 5.08 Å². The van der Waals surface area contributed by atoms with E-state index in [1.54, 1.807) is 24.3 Å². The first-order valence-electron chi connectivity index (χ1n) is 12.2. The van der Waals surface area contributed by atoms with Crippen molar-refractivity contribution in [3.05, 3.63) is 70.6 Å². The van der Waals surface area contributed by atoms with Crippen molar-refractivity contribution in [2.75, 3.05) is 42.8 Å². The van der Waals surface area contributed by atoms with Gasteiger partial charge in [-0.1, -0.05) is 18.7 Å². The molecule has 2 fully saturated rings. The first-order valence-corrected chi connectivity index (χ1v) is 14.5. The predicted octanol–water partition coefficient (Wildman–Crippen LogP) is 3.93. The summed E-state index contributed by atoms with van der Waals surface area (Å²) in [5.74, 6) is -1.33.